The molecule has 3 heteroatoms. The summed E-state index contributed by atoms with van der Waals surface area (Å²) in [4.78, 5) is 1.96. The fraction of sp³-hybridized carbons (Fsp3) is 0.200. The van der Waals surface area contributed by atoms with Crippen molar-refractivity contribution in [3.05, 3.63) is 59.4 Å². The Balaban J connectivity index is 2.31. The molecule has 0 aliphatic carbocycles. The molecule has 0 radical (unpaired) electrons. The van der Waals surface area contributed by atoms with Crippen molar-refractivity contribution in [2.24, 2.45) is 0 Å². The Labute approximate surface area is 111 Å². The van der Waals surface area contributed by atoms with Crippen LogP contribution in [-0.4, -0.2) is 5.11 Å². The van der Waals surface area contributed by atoms with Crippen LogP contribution >= 0.6 is 11.8 Å². The number of halogens is 1. The van der Waals surface area contributed by atoms with E-state index in [2.05, 4.69) is 0 Å². The van der Waals surface area contributed by atoms with Crippen LogP contribution in [0.2, 0.25) is 0 Å². The van der Waals surface area contributed by atoms with Crippen LogP contribution < -0.4 is 0 Å². The Bertz CT molecular complexity index is 535. The first kappa shape index (κ1) is 13.1. The van der Waals surface area contributed by atoms with Crippen molar-refractivity contribution in [1.82, 2.24) is 0 Å². The zero-order valence-electron chi connectivity index (χ0n) is 10.4. The average molecular weight is 262 g/mol. The fourth-order valence-corrected chi connectivity index (χ4v) is 2.68. The molecule has 1 atom stereocenters. The quantitative estimate of drug-likeness (QED) is 0.888. The minimum atomic E-state index is -0.673. The Kier molecular flexibility index (Phi) is 4.04. The van der Waals surface area contributed by atoms with Crippen LogP contribution in [0.1, 0.15) is 24.2 Å². The van der Waals surface area contributed by atoms with Crippen LogP contribution in [0.15, 0.2) is 52.3 Å². The zero-order valence-corrected chi connectivity index (χ0v) is 11.2. The summed E-state index contributed by atoms with van der Waals surface area (Å²) in [6.07, 6.45) is -0.673. The van der Waals surface area contributed by atoms with E-state index in [1.165, 1.54) is 29.5 Å². The maximum Gasteiger partial charge on any atom is 0.123 e. The third kappa shape index (κ3) is 3.12. The van der Waals surface area contributed by atoms with Gasteiger partial charge in [0.2, 0.25) is 0 Å². The van der Waals surface area contributed by atoms with Crippen molar-refractivity contribution in [3.8, 4) is 0 Å². The van der Waals surface area contributed by atoms with E-state index in [0.717, 1.165) is 9.79 Å². The summed E-state index contributed by atoms with van der Waals surface area (Å²) >= 11 is 1.53. The van der Waals surface area contributed by atoms with Crippen LogP contribution in [0.3, 0.4) is 0 Å². The Morgan fingerprint density at radius 1 is 1.11 bits per heavy atom. The van der Waals surface area contributed by atoms with Crippen molar-refractivity contribution < 1.29 is 9.50 Å². The SMILES string of the molecule is Cc1ccc(Sc2ccc(F)cc2[C@H](C)O)cc1. The van der Waals surface area contributed by atoms with E-state index in [1.807, 2.05) is 31.2 Å². The van der Waals surface area contributed by atoms with Crippen LogP contribution in [0.25, 0.3) is 0 Å². The van der Waals surface area contributed by atoms with Crippen LogP contribution in [0, 0.1) is 12.7 Å². The van der Waals surface area contributed by atoms with Gasteiger partial charge in [-0.15, -0.1) is 0 Å². The molecule has 0 fully saturated rings. The molecule has 0 unspecified atom stereocenters. The van der Waals surface area contributed by atoms with E-state index in [9.17, 15) is 9.50 Å². The van der Waals surface area contributed by atoms with Gasteiger partial charge >= 0.3 is 0 Å². The molecule has 94 valence electrons. The highest BCUT2D eigenvalue weighted by atomic mass is 32.2. The number of aryl methyl sites for hydroxylation is 1. The third-order valence-corrected chi connectivity index (χ3v) is 3.77. The first-order valence-electron chi connectivity index (χ1n) is 5.78. The molecule has 0 aliphatic heterocycles. The second-order valence-electron chi connectivity index (χ2n) is 4.27. The molecular weight excluding hydrogens is 247 g/mol. The molecule has 0 saturated carbocycles. The third-order valence-electron chi connectivity index (χ3n) is 2.67. The monoisotopic (exact) mass is 262 g/mol. The molecule has 0 heterocycles. The van der Waals surface area contributed by atoms with Crippen molar-refractivity contribution in [2.75, 3.05) is 0 Å². The highest BCUT2D eigenvalue weighted by Crippen LogP contribution is 2.33. The molecule has 0 aliphatic rings. The van der Waals surface area contributed by atoms with Crippen LogP contribution in [0.5, 0.6) is 0 Å². The van der Waals surface area contributed by atoms with Crippen molar-refractivity contribution in [3.63, 3.8) is 0 Å². The molecule has 0 spiro atoms. The molecule has 0 saturated heterocycles. The van der Waals surface area contributed by atoms with Gasteiger partial charge in [0.1, 0.15) is 5.82 Å². The lowest BCUT2D eigenvalue weighted by atomic mass is 10.1. The van der Waals surface area contributed by atoms with E-state index in [-0.39, 0.29) is 5.82 Å². The molecule has 2 aromatic rings. The average Bonchev–Trinajstić information content (AvgIpc) is 2.34. The van der Waals surface area contributed by atoms with E-state index >= 15 is 0 Å². The highest BCUT2D eigenvalue weighted by Gasteiger charge is 2.10. The number of rotatable bonds is 3. The van der Waals surface area contributed by atoms with Gasteiger partial charge in [-0.3, -0.25) is 0 Å². The lowest BCUT2D eigenvalue weighted by Crippen LogP contribution is -1.95. The number of hydrogen-bond acceptors (Lipinski definition) is 2. The summed E-state index contributed by atoms with van der Waals surface area (Å²) in [6.45, 7) is 3.68. The lowest BCUT2D eigenvalue weighted by Gasteiger charge is -2.11. The number of aliphatic hydroxyl groups excluding tert-OH is 1. The summed E-state index contributed by atoms with van der Waals surface area (Å²) < 4.78 is 13.2. The predicted molar refractivity (Wildman–Crippen MR) is 72.3 cm³/mol. The van der Waals surface area contributed by atoms with Gasteiger partial charge in [-0.25, -0.2) is 4.39 Å². The van der Waals surface area contributed by atoms with E-state index < -0.39 is 6.10 Å². The molecule has 0 amide bonds. The maximum atomic E-state index is 13.2. The second-order valence-corrected chi connectivity index (χ2v) is 5.39. The molecule has 18 heavy (non-hydrogen) atoms. The molecule has 0 bridgehead atoms. The van der Waals surface area contributed by atoms with Gasteiger partial charge in [0.15, 0.2) is 0 Å². The topological polar surface area (TPSA) is 20.2 Å². The number of aliphatic hydroxyl groups is 1. The molecular formula is C15H15FOS. The lowest BCUT2D eigenvalue weighted by molar-refractivity contribution is 0.196. The largest absolute Gasteiger partial charge is 0.389 e. The molecule has 2 aromatic carbocycles. The van der Waals surface area contributed by atoms with Crippen LogP contribution in [0.4, 0.5) is 4.39 Å². The predicted octanol–water partition coefficient (Wildman–Crippen LogP) is 4.34. The van der Waals surface area contributed by atoms with Gasteiger partial charge in [0.25, 0.3) is 0 Å². The summed E-state index contributed by atoms with van der Waals surface area (Å²) in [6, 6.07) is 12.6. The fourth-order valence-electron chi connectivity index (χ4n) is 1.67. The molecule has 0 aromatic heterocycles. The Morgan fingerprint density at radius 3 is 2.39 bits per heavy atom. The Hall–Kier alpha value is -1.32. The standard InChI is InChI=1S/C15H15FOS/c1-10-3-6-13(7-4-10)18-15-8-5-12(16)9-14(15)11(2)17/h3-9,11,17H,1-2H3/t11-/m0/s1. The second kappa shape index (κ2) is 5.55. The van der Waals surface area contributed by atoms with Gasteiger partial charge in [-0.1, -0.05) is 29.5 Å². The van der Waals surface area contributed by atoms with Gasteiger partial charge in [-0.2, -0.15) is 0 Å². The summed E-state index contributed by atoms with van der Waals surface area (Å²) in [5.74, 6) is -0.320. The first-order chi connectivity index (χ1) is 8.56. The van der Waals surface area contributed by atoms with Gasteiger partial charge < -0.3 is 5.11 Å². The van der Waals surface area contributed by atoms with Gasteiger partial charge in [0.05, 0.1) is 6.10 Å². The molecule has 2 rings (SSSR count). The van der Waals surface area contributed by atoms with E-state index in [1.54, 1.807) is 13.0 Å². The zero-order chi connectivity index (χ0) is 13.1. The highest BCUT2D eigenvalue weighted by molar-refractivity contribution is 7.99. The van der Waals surface area contributed by atoms with Crippen molar-refractivity contribution in [2.45, 2.75) is 29.7 Å². The minimum Gasteiger partial charge on any atom is -0.389 e. The Morgan fingerprint density at radius 2 is 1.78 bits per heavy atom. The van der Waals surface area contributed by atoms with E-state index in [4.69, 9.17) is 0 Å². The summed E-state index contributed by atoms with van der Waals surface area (Å²) in [7, 11) is 0. The smallest absolute Gasteiger partial charge is 0.123 e. The first-order valence-corrected chi connectivity index (χ1v) is 6.60. The normalized spacial score (nSPS) is 12.4. The number of hydrogen-bond donors (Lipinski definition) is 1. The summed E-state index contributed by atoms with van der Waals surface area (Å²) in [5, 5.41) is 9.67. The molecule has 1 nitrogen and oxygen atoms in total. The van der Waals surface area contributed by atoms with E-state index in [0.29, 0.717) is 5.56 Å². The summed E-state index contributed by atoms with van der Waals surface area (Å²) in [5.41, 5.74) is 1.83. The maximum absolute atomic E-state index is 13.2. The number of benzene rings is 2. The molecule has 1 N–H and O–H groups in total. The van der Waals surface area contributed by atoms with Crippen LogP contribution in [-0.2, 0) is 0 Å². The van der Waals surface area contributed by atoms with Crippen molar-refractivity contribution in [1.29, 1.82) is 0 Å². The van der Waals surface area contributed by atoms with Crippen molar-refractivity contribution >= 4 is 11.8 Å². The van der Waals surface area contributed by atoms with Gasteiger partial charge in [0, 0.05) is 9.79 Å². The van der Waals surface area contributed by atoms with Gasteiger partial charge in [-0.05, 0) is 49.7 Å². The minimum absolute atomic E-state index is 0.320.